The molecular weight excluding hydrogens is 242 g/mol. The van der Waals surface area contributed by atoms with Crippen LogP contribution in [0.25, 0.3) is 10.9 Å². The van der Waals surface area contributed by atoms with Gasteiger partial charge in [0.25, 0.3) is 0 Å². The first-order chi connectivity index (χ1) is 8.94. The summed E-state index contributed by atoms with van der Waals surface area (Å²) < 4.78 is 5.11. The first-order valence-electron chi connectivity index (χ1n) is 6.22. The van der Waals surface area contributed by atoms with Crippen molar-refractivity contribution in [3.63, 3.8) is 0 Å². The number of benzene rings is 1. The fraction of sp³-hybridized carbons (Fsp3) is 0.357. The van der Waals surface area contributed by atoms with Crippen LogP contribution in [0.15, 0.2) is 30.5 Å². The maximum atomic E-state index is 11.4. The number of nitrogens with one attached hydrogen (secondary N) is 3. The highest BCUT2D eigenvalue weighted by Gasteiger charge is 2.15. The molecule has 3 N–H and O–H groups in total. The van der Waals surface area contributed by atoms with Gasteiger partial charge in [0.05, 0.1) is 0 Å². The van der Waals surface area contributed by atoms with E-state index < -0.39 is 11.7 Å². The molecule has 1 aromatic carbocycles. The standard InChI is InChI=1S/C14H19N3O2/c1-14(2,3)19-13(18)17-16-9-10-4-5-11-6-7-15-12(11)8-10/h4-8,15-16H,9H2,1-3H3,(H,17,18). The van der Waals surface area contributed by atoms with E-state index >= 15 is 0 Å². The van der Waals surface area contributed by atoms with Gasteiger partial charge in [-0.25, -0.2) is 10.2 Å². The van der Waals surface area contributed by atoms with Crippen molar-refractivity contribution in [2.75, 3.05) is 0 Å². The Morgan fingerprint density at radius 3 is 2.84 bits per heavy atom. The number of carbonyl (C=O) groups excluding carboxylic acids is 1. The summed E-state index contributed by atoms with van der Waals surface area (Å²) >= 11 is 0. The van der Waals surface area contributed by atoms with E-state index in [1.165, 1.54) is 5.39 Å². The average Bonchev–Trinajstić information content (AvgIpc) is 2.73. The molecule has 1 heterocycles. The van der Waals surface area contributed by atoms with Crippen LogP contribution in [0.5, 0.6) is 0 Å². The third-order valence-corrected chi connectivity index (χ3v) is 2.50. The number of amides is 1. The van der Waals surface area contributed by atoms with Crippen LogP contribution in [0.1, 0.15) is 26.3 Å². The van der Waals surface area contributed by atoms with Crippen molar-refractivity contribution < 1.29 is 9.53 Å². The molecule has 0 aliphatic carbocycles. The van der Waals surface area contributed by atoms with Gasteiger partial charge in [-0.15, -0.1) is 0 Å². The maximum Gasteiger partial charge on any atom is 0.422 e. The zero-order chi connectivity index (χ0) is 13.9. The van der Waals surface area contributed by atoms with E-state index in [1.807, 2.05) is 51.2 Å². The Labute approximate surface area is 112 Å². The quantitative estimate of drug-likeness (QED) is 0.744. The lowest BCUT2D eigenvalue weighted by molar-refractivity contribution is 0.0497. The molecule has 0 aliphatic heterocycles. The van der Waals surface area contributed by atoms with Gasteiger partial charge in [0, 0.05) is 18.3 Å². The Balaban J connectivity index is 1.83. The number of hydrogen-bond acceptors (Lipinski definition) is 3. The predicted molar refractivity (Wildman–Crippen MR) is 74.5 cm³/mol. The highest BCUT2D eigenvalue weighted by Crippen LogP contribution is 2.13. The molecule has 1 amide bonds. The molecule has 0 aliphatic rings. The first kappa shape index (κ1) is 13.4. The molecule has 2 rings (SSSR count). The minimum Gasteiger partial charge on any atom is -0.443 e. The monoisotopic (exact) mass is 261 g/mol. The maximum absolute atomic E-state index is 11.4. The second kappa shape index (κ2) is 5.32. The predicted octanol–water partition coefficient (Wildman–Crippen LogP) is 2.70. The normalized spacial score (nSPS) is 11.5. The smallest absolute Gasteiger partial charge is 0.422 e. The molecule has 5 heteroatoms. The van der Waals surface area contributed by atoms with Gasteiger partial charge in [0.15, 0.2) is 0 Å². The fourth-order valence-electron chi connectivity index (χ4n) is 1.73. The number of aromatic amines is 1. The van der Waals surface area contributed by atoms with Crippen molar-refractivity contribution in [2.24, 2.45) is 0 Å². The van der Waals surface area contributed by atoms with Crippen molar-refractivity contribution in [2.45, 2.75) is 32.9 Å². The van der Waals surface area contributed by atoms with Gasteiger partial charge in [-0.05, 0) is 43.9 Å². The number of H-pyrrole nitrogens is 1. The number of hydrogen-bond donors (Lipinski definition) is 3. The summed E-state index contributed by atoms with van der Waals surface area (Å²) in [5.41, 5.74) is 7.01. The Bertz CT molecular complexity index is 569. The molecule has 0 atom stereocenters. The Kier molecular flexibility index (Phi) is 3.76. The molecule has 0 spiro atoms. The van der Waals surface area contributed by atoms with E-state index in [0.717, 1.165) is 11.1 Å². The summed E-state index contributed by atoms with van der Waals surface area (Å²) in [6.45, 7) is 6.01. The van der Waals surface area contributed by atoms with Gasteiger partial charge in [-0.2, -0.15) is 0 Å². The van der Waals surface area contributed by atoms with Gasteiger partial charge in [0.2, 0.25) is 0 Å². The van der Waals surface area contributed by atoms with Crippen LogP contribution in [0, 0.1) is 0 Å². The lowest BCUT2D eigenvalue weighted by Crippen LogP contribution is -2.40. The van der Waals surface area contributed by atoms with Crippen LogP contribution in [0.3, 0.4) is 0 Å². The molecule has 0 fully saturated rings. The minimum atomic E-state index is -0.491. The molecule has 0 unspecified atom stereocenters. The molecule has 0 saturated carbocycles. The van der Waals surface area contributed by atoms with E-state index in [2.05, 4.69) is 15.8 Å². The average molecular weight is 261 g/mol. The number of carbonyl (C=O) groups is 1. The Morgan fingerprint density at radius 1 is 1.32 bits per heavy atom. The lowest BCUT2D eigenvalue weighted by Gasteiger charge is -2.19. The zero-order valence-corrected chi connectivity index (χ0v) is 11.4. The summed E-state index contributed by atoms with van der Waals surface area (Å²) in [4.78, 5) is 14.6. The third kappa shape index (κ3) is 3.99. The summed E-state index contributed by atoms with van der Waals surface area (Å²) in [7, 11) is 0. The van der Waals surface area contributed by atoms with Crippen LogP contribution in [-0.2, 0) is 11.3 Å². The van der Waals surface area contributed by atoms with Crippen LogP contribution < -0.4 is 10.9 Å². The largest absolute Gasteiger partial charge is 0.443 e. The van der Waals surface area contributed by atoms with E-state index in [1.54, 1.807) is 0 Å². The van der Waals surface area contributed by atoms with E-state index in [9.17, 15) is 4.79 Å². The van der Waals surface area contributed by atoms with Crippen molar-refractivity contribution in [1.29, 1.82) is 0 Å². The van der Waals surface area contributed by atoms with Gasteiger partial charge >= 0.3 is 6.09 Å². The number of aromatic nitrogens is 1. The Hall–Kier alpha value is -2.01. The number of fused-ring (bicyclic) bond motifs is 1. The highest BCUT2D eigenvalue weighted by molar-refractivity contribution is 5.79. The number of ether oxygens (including phenoxy) is 1. The van der Waals surface area contributed by atoms with Crippen molar-refractivity contribution in [3.8, 4) is 0 Å². The van der Waals surface area contributed by atoms with Crippen LogP contribution in [-0.4, -0.2) is 16.7 Å². The molecule has 0 saturated heterocycles. The fourth-order valence-corrected chi connectivity index (χ4v) is 1.73. The topological polar surface area (TPSA) is 66.2 Å². The van der Waals surface area contributed by atoms with Gasteiger partial charge < -0.3 is 9.72 Å². The molecule has 0 radical (unpaired) electrons. The van der Waals surface area contributed by atoms with Crippen LogP contribution in [0.4, 0.5) is 4.79 Å². The molecule has 1 aromatic heterocycles. The highest BCUT2D eigenvalue weighted by atomic mass is 16.6. The summed E-state index contributed by atoms with van der Waals surface area (Å²) in [5, 5.41) is 1.17. The second-order valence-corrected chi connectivity index (χ2v) is 5.38. The van der Waals surface area contributed by atoms with E-state index in [4.69, 9.17) is 4.74 Å². The minimum absolute atomic E-state index is 0.478. The van der Waals surface area contributed by atoms with Gasteiger partial charge in [-0.1, -0.05) is 12.1 Å². The summed E-state index contributed by atoms with van der Waals surface area (Å²) in [6.07, 6.45) is 1.43. The molecule has 0 bridgehead atoms. The van der Waals surface area contributed by atoms with Gasteiger partial charge in [0.1, 0.15) is 5.60 Å². The third-order valence-electron chi connectivity index (χ3n) is 2.50. The number of hydrazine groups is 1. The second-order valence-electron chi connectivity index (χ2n) is 5.38. The van der Waals surface area contributed by atoms with Crippen molar-refractivity contribution in [3.05, 3.63) is 36.0 Å². The molecule has 19 heavy (non-hydrogen) atoms. The van der Waals surface area contributed by atoms with Crippen molar-refractivity contribution in [1.82, 2.24) is 15.8 Å². The molecule has 102 valence electrons. The first-order valence-corrected chi connectivity index (χ1v) is 6.22. The zero-order valence-electron chi connectivity index (χ0n) is 11.4. The Morgan fingerprint density at radius 2 is 2.11 bits per heavy atom. The number of rotatable bonds is 3. The van der Waals surface area contributed by atoms with E-state index in [-0.39, 0.29) is 0 Å². The van der Waals surface area contributed by atoms with Crippen LogP contribution in [0.2, 0.25) is 0 Å². The summed E-state index contributed by atoms with van der Waals surface area (Å²) in [6, 6.07) is 8.11. The molecular formula is C14H19N3O2. The molecule has 2 aromatic rings. The van der Waals surface area contributed by atoms with E-state index in [0.29, 0.717) is 6.54 Å². The lowest BCUT2D eigenvalue weighted by atomic mass is 10.2. The van der Waals surface area contributed by atoms with Gasteiger partial charge in [-0.3, -0.25) is 5.43 Å². The van der Waals surface area contributed by atoms with Crippen molar-refractivity contribution >= 4 is 17.0 Å². The summed E-state index contributed by atoms with van der Waals surface area (Å²) in [5.74, 6) is 0. The van der Waals surface area contributed by atoms with Crippen LogP contribution >= 0.6 is 0 Å². The SMILES string of the molecule is CC(C)(C)OC(=O)NNCc1ccc2cc[nH]c2c1. The molecule has 5 nitrogen and oxygen atoms in total.